The Balaban J connectivity index is 2.33. The largest absolute Gasteiger partial charge is 0.397 e. The fraction of sp³-hybridized carbons (Fsp3) is 0.368. The molecule has 1 atom stereocenters. The number of nitrogens with two attached hydrogens (primary N) is 1. The lowest BCUT2D eigenvalue weighted by atomic mass is 9.91. The van der Waals surface area contributed by atoms with Crippen LogP contribution >= 0.6 is 0 Å². The molecule has 0 spiro atoms. The first kappa shape index (κ1) is 16.2. The SMILES string of the molecule is CCNc1cc(C(C)c2ccc(N(C)C)c(N)c2)ccc1C. The Bertz CT molecular complexity index is 647. The van der Waals surface area contributed by atoms with Gasteiger partial charge in [0.1, 0.15) is 0 Å². The van der Waals surface area contributed by atoms with E-state index in [0.29, 0.717) is 5.92 Å². The minimum absolute atomic E-state index is 0.316. The van der Waals surface area contributed by atoms with Crippen molar-refractivity contribution in [3.05, 3.63) is 53.1 Å². The molecule has 0 radical (unpaired) electrons. The lowest BCUT2D eigenvalue weighted by Gasteiger charge is -2.19. The molecule has 2 rings (SSSR count). The van der Waals surface area contributed by atoms with Gasteiger partial charge in [-0.1, -0.05) is 25.1 Å². The average Bonchev–Trinajstić information content (AvgIpc) is 2.48. The fourth-order valence-corrected chi connectivity index (χ4v) is 2.73. The molecule has 3 nitrogen and oxygen atoms in total. The Morgan fingerprint density at radius 1 is 1.09 bits per heavy atom. The quantitative estimate of drug-likeness (QED) is 0.812. The van der Waals surface area contributed by atoms with Crippen molar-refractivity contribution in [1.29, 1.82) is 0 Å². The molecular formula is C19H27N3. The molecule has 0 aliphatic rings. The zero-order valence-corrected chi connectivity index (χ0v) is 14.3. The number of nitrogens with one attached hydrogen (secondary N) is 1. The van der Waals surface area contributed by atoms with Crippen LogP contribution in [0.5, 0.6) is 0 Å². The number of benzene rings is 2. The van der Waals surface area contributed by atoms with Gasteiger partial charge in [0.15, 0.2) is 0 Å². The molecule has 0 saturated heterocycles. The number of hydrogen-bond acceptors (Lipinski definition) is 3. The van der Waals surface area contributed by atoms with Gasteiger partial charge in [-0.2, -0.15) is 0 Å². The second kappa shape index (κ2) is 6.73. The molecule has 0 aliphatic heterocycles. The van der Waals surface area contributed by atoms with Crippen molar-refractivity contribution < 1.29 is 0 Å². The van der Waals surface area contributed by atoms with Gasteiger partial charge in [0, 0.05) is 32.2 Å². The highest BCUT2D eigenvalue weighted by atomic mass is 15.1. The van der Waals surface area contributed by atoms with E-state index in [-0.39, 0.29) is 0 Å². The van der Waals surface area contributed by atoms with E-state index < -0.39 is 0 Å². The molecule has 0 heterocycles. The summed E-state index contributed by atoms with van der Waals surface area (Å²) in [5.74, 6) is 0.316. The van der Waals surface area contributed by atoms with Crippen LogP contribution in [0.2, 0.25) is 0 Å². The average molecular weight is 297 g/mol. The van der Waals surface area contributed by atoms with E-state index in [1.165, 1.54) is 22.4 Å². The van der Waals surface area contributed by atoms with Gasteiger partial charge < -0.3 is 16.0 Å². The van der Waals surface area contributed by atoms with Crippen molar-refractivity contribution in [2.45, 2.75) is 26.7 Å². The van der Waals surface area contributed by atoms with Gasteiger partial charge in [-0.3, -0.25) is 0 Å². The van der Waals surface area contributed by atoms with Crippen LogP contribution in [-0.2, 0) is 0 Å². The zero-order chi connectivity index (χ0) is 16.3. The third-order valence-electron chi connectivity index (χ3n) is 4.16. The van der Waals surface area contributed by atoms with Crippen molar-refractivity contribution in [1.82, 2.24) is 0 Å². The van der Waals surface area contributed by atoms with E-state index in [9.17, 15) is 0 Å². The molecule has 3 heteroatoms. The van der Waals surface area contributed by atoms with Gasteiger partial charge in [-0.05, 0) is 48.7 Å². The standard InChI is InChI=1S/C19H27N3/c1-6-21-18-12-16(8-7-13(18)2)14(3)15-9-10-19(22(4)5)17(20)11-15/h7-12,14,21H,6,20H2,1-5H3. The maximum absolute atomic E-state index is 6.19. The van der Waals surface area contributed by atoms with Crippen LogP contribution < -0.4 is 16.0 Å². The summed E-state index contributed by atoms with van der Waals surface area (Å²) < 4.78 is 0. The summed E-state index contributed by atoms with van der Waals surface area (Å²) in [5, 5.41) is 3.43. The highest BCUT2D eigenvalue weighted by Gasteiger charge is 2.12. The molecule has 0 aromatic heterocycles. The molecule has 1 unspecified atom stereocenters. The van der Waals surface area contributed by atoms with Crippen molar-refractivity contribution in [3.8, 4) is 0 Å². The first-order chi connectivity index (χ1) is 10.4. The number of rotatable bonds is 5. The van der Waals surface area contributed by atoms with Gasteiger partial charge in [-0.25, -0.2) is 0 Å². The molecule has 0 amide bonds. The second-order valence-corrected chi connectivity index (χ2v) is 6.04. The maximum atomic E-state index is 6.19. The molecular weight excluding hydrogens is 270 g/mol. The lowest BCUT2D eigenvalue weighted by molar-refractivity contribution is 0.920. The molecule has 0 fully saturated rings. The Hall–Kier alpha value is -2.16. The predicted octanol–water partition coefficient (Wildman–Crippen LogP) is 4.23. The minimum atomic E-state index is 0.316. The summed E-state index contributed by atoms with van der Waals surface area (Å²) in [6.45, 7) is 7.42. The number of nitrogen functional groups attached to an aromatic ring is 1. The monoisotopic (exact) mass is 297 g/mol. The fourth-order valence-electron chi connectivity index (χ4n) is 2.73. The van der Waals surface area contributed by atoms with Crippen LogP contribution in [0.25, 0.3) is 0 Å². The van der Waals surface area contributed by atoms with Crippen molar-refractivity contribution in [2.24, 2.45) is 0 Å². The minimum Gasteiger partial charge on any atom is -0.397 e. The third-order valence-corrected chi connectivity index (χ3v) is 4.16. The Morgan fingerprint density at radius 2 is 1.73 bits per heavy atom. The van der Waals surface area contributed by atoms with E-state index in [4.69, 9.17) is 5.73 Å². The molecule has 22 heavy (non-hydrogen) atoms. The molecule has 0 saturated carbocycles. The van der Waals surface area contributed by atoms with Crippen LogP contribution in [0.4, 0.5) is 17.1 Å². The van der Waals surface area contributed by atoms with E-state index in [0.717, 1.165) is 17.9 Å². The van der Waals surface area contributed by atoms with Crippen LogP contribution in [0.1, 0.15) is 36.5 Å². The third kappa shape index (κ3) is 3.35. The van der Waals surface area contributed by atoms with E-state index in [1.807, 2.05) is 19.0 Å². The summed E-state index contributed by atoms with van der Waals surface area (Å²) in [4.78, 5) is 2.04. The molecule has 2 aromatic rings. The van der Waals surface area contributed by atoms with Crippen LogP contribution in [0, 0.1) is 6.92 Å². The summed E-state index contributed by atoms with van der Waals surface area (Å²) in [6.07, 6.45) is 0. The topological polar surface area (TPSA) is 41.3 Å². The number of nitrogens with zero attached hydrogens (tertiary/aromatic N) is 1. The molecule has 0 aliphatic carbocycles. The lowest BCUT2D eigenvalue weighted by Crippen LogP contribution is -2.11. The Morgan fingerprint density at radius 3 is 2.32 bits per heavy atom. The zero-order valence-electron chi connectivity index (χ0n) is 14.3. The van der Waals surface area contributed by atoms with Gasteiger partial charge in [0.05, 0.1) is 11.4 Å². The van der Waals surface area contributed by atoms with E-state index >= 15 is 0 Å². The highest BCUT2D eigenvalue weighted by Crippen LogP contribution is 2.31. The molecule has 2 aromatic carbocycles. The van der Waals surface area contributed by atoms with Gasteiger partial charge in [0.25, 0.3) is 0 Å². The van der Waals surface area contributed by atoms with Crippen molar-refractivity contribution >= 4 is 17.1 Å². The summed E-state index contributed by atoms with van der Waals surface area (Å²) in [6, 6.07) is 13.0. The second-order valence-electron chi connectivity index (χ2n) is 6.04. The number of anilines is 3. The number of aryl methyl sites for hydroxylation is 1. The van der Waals surface area contributed by atoms with Crippen molar-refractivity contribution in [3.63, 3.8) is 0 Å². The normalized spacial score (nSPS) is 12.0. The Labute approximate surface area is 134 Å². The maximum Gasteiger partial charge on any atom is 0.0594 e. The van der Waals surface area contributed by atoms with Crippen LogP contribution in [0.15, 0.2) is 36.4 Å². The summed E-state index contributed by atoms with van der Waals surface area (Å²) in [5.41, 5.74) is 13.1. The van der Waals surface area contributed by atoms with Gasteiger partial charge in [-0.15, -0.1) is 0 Å². The van der Waals surface area contributed by atoms with Gasteiger partial charge in [0.2, 0.25) is 0 Å². The highest BCUT2D eigenvalue weighted by molar-refractivity contribution is 5.68. The number of hydrogen-bond donors (Lipinski definition) is 2. The van der Waals surface area contributed by atoms with E-state index in [2.05, 4.69) is 62.5 Å². The Kier molecular flexibility index (Phi) is 4.96. The predicted molar refractivity (Wildman–Crippen MR) is 98.0 cm³/mol. The first-order valence-corrected chi connectivity index (χ1v) is 7.85. The molecule has 3 N–H and O–H groups in total. The molecule has 118 valence electrons. The van der Waals surface area contributed by atoms with Gasteiger partial charge >= 0.3 is 0 Å². The molecule has 0 bridgehead atoms. The van der Waals surface area contributed by atoms with Crippen LogP contribution in [0.3, 0.4) is 0 Å². The summed E-state index contributed by atoms with van der Waals surface area (Å²) in [7, 11) is 4.02. The van der Waals surface area contributed by atoms with Crippen molar-refractivity contribution in [2.75, 3.05) is 36.6 Å². The first-order valence-electron chi connectivity index (χ1n) is 7.85. The summed E-state index contributed by atoms with van der Waals surface area (Å²) >= 11 is 0. The van der Waals surface area contributed by atoms with E-state index in [1.54, 1.807) is 0 Å². The smallest absolute Gasteiger partial charge is 0.0594 e. The van der Waals surface area contributed by atoms with Crippen LogP contribution in [-0.4, -0.2) is 20.6 Å².